The van der Waals surface area contributed by atoms with Gasteiger partial charge < -0.3 is 9.47 Å². The molecule has 0 aliphatic rings. The van der Waals surface area contributed by atoms with Crippen LogP contribution in [0.3, 0.4) is 0 Å². The second-order valence-corrected chi connectivity index (χ2v) is 4.70. The van der Waals surface area contributed by atoms with Crippen LogP contribution in [0, 0.1) is 0 Å². The lowest BCUT2D eigenvalue weighted by Crippen LogP contribution is -2.05. The maximum absolute atomic E-state index is 11.6. The van der Waals surface area contributed by atoms with E-state index in [4.69, 9.17) is 9.47 Å². The quantitative estimate of drug-likeness (QED) is 0.304. The van der Waals surface area contributed by atoms with Crippen molar-refractivity contribution < 1.29 is 19.1 Å². The number of ether oxygens (including phenoxy) is 2. The molecule has 0 saturated heterocycles. The fourth-order valence-corrected chi connectivity index (χ4v) is 1.57. The van der Waals surface area contributed by atoms with Crippen molar-refractivity contribution in [2.24, 2.45) is 0 Å². The van der Waals surface area contributed by atoms with E-state index in [0.717, 1.165) is 12.8 Å². The molecule has 0 bridgehead atoms. The summed E-state index contributed by atoms with van der Waals surface area (Å²) in [5.74, 6) is -0.173. The zero-order valence-corrected chi connectivity index (χ0v) is 14.0. The number of esters is 2. The Morgan fingerprint density at radius 3 is 1.46 bits per heavy atom. The summed E-state index contributed by atoms with van der Waals surface area (Å²) in [5, 5.41) is 0. The van der Waals surface area contributed by atoms with Crippen LogP contribution >= 0.6 is 0 Å². The summed E-state index contributed by atoms with van der Waals surface area (Å²) in [6, 6.07) is 6.27. The first-order chi connectivity index (χ1) is 11.7. The van der Waals surface area contributed by atoms with Gasteiger partial charge in [0.15, 0.2) is 0 Å². The number of rotatable bonds is 8. The number of hydrogen-bond donors (Lipinski definition) is 0. The molecule has 24 heavy (non-hydrogen) atoms. The van der Waals surface area contributed by atoms with Gasteiger partial charge in [-0.05, 0) is 37.1 Å². The van der Waals surface area contributed by atoms with Crippen molar-refractivity contribution in [3.05, 3.63) is 72.9 Å². The Bertz CT molecular complexity index is 577. The molecule has 0 aliphatic heterocycles. The molecule has 4 nitrogen and oxygen atoms in total. The maximum Gasteiger partial charge on any atom is 0.336 e. The Balaban J connectivity index is 2.50. The molecule has 0 fully saturated rings. The number of benzene rings is 1. The van der Waals surface area contributed by atoms with Crippen molar-refractivity contribution >= 4 is 11.9 Å². The van der Waals surface area contributed by atoms with E-state index in [0.29, 0.717) is 11.5 Å². The first kappa shape index (κ1) is 19.2. The molecule has 0 saturated carbocycles. The molecular weight excluding hydrogens is 304 g/mol. The summed E-state index contributed by atoms with van der Waals surface area (Å²) in [4.78, 5) is 23.1. The zero-order valence-electron chi connectivity index (χ0n) is 14.0. The van der Waals surface area contributed by atoms with Crippen molar-refractivity contribution in [1.82, 2.24) is 0 Å². The van der Waals surface area contributed by atoms with E-state index in [1.807, 2.05) is 26.0 Å². The molecule has 0 amide bonds. The van der Waals surface area contributed by atoms with Gasteiger partial charge in [-0.25, -0.2) is 9.59 Å². The van der Waals surface area contributed by atoms with E-state index in [1.54, 1.807) is 48.6 Å². The predicted octanol–water partition coefficient (Wildman–Crippen LogP) is 4.54. The van der Waals surface area contributed by atoms with Crippen LogP contribution in [0.1, 0.15) is 26.7 Å². The lowest BCUT2D eigenvalue weighted by atomic mass is 10.3. The van der Waals surface area contributed by atoms with E-state index < -0.39 is 11.9 Å². The normalized spacial score (nSPS) is 11.8. The predicted molar refractivity (Wildman–Crippen MR) is 94.9 cm³/mol. The minimum Gasteiger partial charge on any atom is -0.423 e. The molecule has 0 aliphatic carbocycles. The summed E-state index contributed by atoms with van der Waals surface area (Å²) in [6.07, 6.45) is 15.2. The molecule has 4 heteroatoms. The van der Waals surface area contributed by atoms with Crippen LogP contribution < -0.4 is 9.47 Å². The van der Waals surface area contributed by atoms with E-state index >= 15 is 0 Å². The SMILES string of the molecule is CC/C=C/C=C/C(=O)Oc1ccc(OC(=O)/C=C/C=C/CC)cc1. The Hall–Kier alpha value is -2.88. The van der Waals surface area contributed by atoms with Crippen molar-refractivity contribution in [1.29, 1.82) is 0 Å². The smallest absolute Gasteiger partial charge is 0.336 e. The van der Waals surface area contributed by atoms with E-state index in [9.17, 15) is 9.59 Å². The van der Waals surface area contributed by atoms with Crippen LogP contribution in [0.4, 0.5) is 0 Å². The van der Waals surface area contributed by atoms with Crippen molar-refractivity contribution in [2.75, 3.05) is 0 Å². The second-order valence-electron chi connectivity index (χ2n) is 4.70. The highest BCUT2D eigenvalue weighted by atomic mass is 16.5. The first-order valence-corrected chi connectivity index (χ1v) is 7.85. The Labute approximate surface area is 142 Å². The molecule has 0 N–H and O–H groups in total. The van der Waals surface area contributed by atoms with E-state index in [2.05, 4.69) is 0 Å². The first-order valence-electron chi connectivity index (χ1n) is 7.85. The highest BCUT2D eigenvalue weighted by Crippen LogP contribution is 2.18. The molecule has 1 aromatic carbocycles. The lowest BCUT2D eigenvalue weighted by molar-refractivity contribution is -0.130. The fraction of sp³-hybridized carbons (Fsp3) is 0.200. The van der Waals surface area contributed by atoms with Gasteiger partial charge in [-0.2, -0.15) is 0 Å². The van der Waals surface area contributed by atoms with Crippen LogP contribution in [-0.2, 0) is 9.59 Å². The zero-order chi connectivity index (χ0) is 17.6. The monoisotopic (exact) mass is 326 g/mol. The van der Waals surface area contributed by atoms with Crippen molar-refractivity contribution in [3.63, 3.8) is 0 Å². The molecule has 1 rings (SSSR count). The van der Waals surface area contributed by atoms with E-state index in [-0.39, 0.29) is 0 Å². The van der Waals surface area contributed by atoms with Gasteiger partial charge in [0.05, 0.1) is 0 Å². The summed E-state index contributed by atoms with van der Waals surface area (Å²) < 4.78 is 10.2. The lowest BCUT2D eigenvalue weighted by Gasteiger charge is -2.03. The highest BCUT2D eigenvalue weighted by molar-refractivity contribution is 5.85. The van der Waals surface area contributed by atoms with Crippen LogP contribution in [-0.4, -0.2) is 11.9 Å². The Morgan fingerprint density at radius 1 is 0.750 bits per heavy atom. The number of carbonyl (C=O) groups excluding carboxylic acids is 2. The molecule has 126 valence electrons. The Kier molecular flexibility index (Phi) is 9.31. The largest absolute Gasteiger partial charge is 0.423 e. The fourth-order valence-electron chi connectivity index (χ4n) is 1.57. The third kappa shape index (κ3) is 8.54. The molecule has 1 aromatic rings. The number of hydrogen-bond acceptors (Lipinski definition) is 4. The van der Waals surface area contributed by atoms with Crippen molar-refractivity contribution in [3.8, 4) is 11.5 Å². The number of carbonyl (C=O) groups is 2. The van der Waals surface area contributed by atoms with Crippen molar-refractivity contribution in [2.45, 2.75) is 26.7 Å². The molecular formula is C20H22O4. The van der Waals surface area contributed by atoms with Crippen LogP contribution in [0.25, 0.3) is 0 Å². The second kappa shape index (κ2) is 11.7. The molecule has 0 heterocycles. The summed E-state index contributed by atoms with van der Waals surface area (Å²) >= 11 is 0. The van der Waals surface area contributed by atoms with Gasteiger partial charge in [-0.15, -0.1) is 0 Å². The minimum atomic E-state index is -0.467. The van der Waals surface area contributed by atoms with Gasteiger partial charge in [0, 0.05) is 12.2 Å². The van der Waals surface area contributed by atoms with Gasteiger partial charge in [-0.1, -0.05) is 50.3 Å². The third-order valence-corrected chi connectivity index (χ3v) is 2.69. The molecule has 0 spiro atoms. The maximum atomic E-state index is 11.6. The van der Waals surface area contributed by atoms with Gasteiger partial charge in [0.1, 0.15) is 11.5 Å². The Morgan fingerprint density at radius 2 is 1.12 bits per heavy atom. The van der Waals surface area contributed by atoms with Crippen LogP contribution in [0.5, 0.6) is 11.5 Å². The molecule has 0 atom stereocenters. The molecule has 0 radical (unpaired) electrons. The number of allylic oxidation sites excluding steroid dienone is 6. The van der Waals surface area contributed by atoms with Gasteiger partial charge in [0.2, 0.25) is 0 Å². The summed E-state index contributed by atoms with van der Waals surface area (Å²) in [7, 11) is 0. The van der Waals surface area contributed by atoms with Gasteiger partial charge in [0.25, 0.3) is 0 Å². The third-order valence-electron chi connectivity index (χ3n) is 2.69. The topological polar surface area (TPSA) is 52.6 Å². The molecule has 0 unspecified atom stereocenters. The summed E-state index contributed by atoms with van der Waals surface area (Å²) in [6.45, 7) is 4.02. The minimum absolute atomic E-state index is 0.380. The van der Waals surface area contributed by atoms with Crippen LogP contribution in [0.2, 0.25) is 0 Å². The van der Waals surface area contributed by atoms with Crippen LogP contribution in [0.15, 0.2) is 72.9 Å². The average molecular weight is 326 g/mol. The summed E-state index contributed by atoms with van der Waals surface area (Å²) in [5.41, 5.74) is 0. The average Bonchev–Trinajstić information content (AvgIpc) is 2.57. The van der Waals surface area contributed by atoms with Gasteiger partial charge in [-0.3, -0.25) is 0 Å². The standard InChI is InChI=1S/C20H22O4/c1-3-5-7-9-11-19(21)23-17-13-15-18(16-14-17)24-20(22)12-10-8-6-4-2/h5-16H,3-4H2,1-2H3/b7-5+,8-6+,11-9+,12-10+. The molecule has 0 aromatic heterocycles. The van der Waals surface area contributed by atoms with E-state index in [1.165, 1.54) is 12.2 Å². The van der Waals surface area contributed by atoms with Gasteiger partial charge >= 0.3 is 11.9 Å². The highest BCUT2D eigenvalue weighted by Gasteiger charge is 2.03.